The maximum absolute atomic E-state index is 13.5. The maximum Gasteiger partial charge on any atom is 0.338 e. The fraction of sp³-hybridized carbons (Fsp3) is 0.444. The number of H-pyrrole nitrogens is 1. The smallest absolute Gasteiger partial charge is 0.338 e. The first-order valence-corrected chi connectivity index (χ1v) is 23.9. The summed E-state index contributed by atoms with van der Waals surface area (Å²) in [5, 5.41) is 3.57. The van der Waals surface area contributed by atoms with Gasteiger partial charge in [-0.1, -0.05) is 29.8 Å². The summed E-state index contributed by atoms with van der Waals surface area (Å²) in [6.45, 7) is 4.57. The van der Waals surface area contributed by atoms with Crippen LogP contribution in [-0.4, -0.2) is 109 Å². The van der Waals surface area contributed by atoms with E-state index in [2.05, 4.69) is 45.8 Å². The summed E-state index contributed by atoms with van der Waals surface area (Å²) in [5.41, 5.74) is 7.70. The van der Waals surface area contributed by atoms with Gasteiger partial charge in [-0.2, -0.15) is 0 Å². The third-order valence-corrected chi connectivity index (χ3v) is 15.7. The van der Waals surface area contributed by atoms with Crippen molar-refractivity contribution >= 4 is 50.6 Å². The van der Waals surface area contributed by atoms with E-state index in [-0.39, 0.29) is 53.3 Å². The molecule has 7 heterocycles. The zero-order chi connectivity index (χ0) is 49.0. The van der Waals surface area contributed by atoms with Crippen LogP contribution in [0.5, 0.6) is 23.0 Å². The van der Waals surface area contributed by atoms with Crippen molar-refractivity contribution < 1.29 is 61.6 Å². The SMILES string of the molecule is COC(=O)C1=CO[C@@H](C)[C@H]2C[n+]3ccc4c([n-]c5ccccc54)c3C[C@H]12.COC(=O)[C@H]1[C@H]2C[C@@H]3c4[nH]c5cc(OC)ccc5c4CCN3C[C@H]2C[C@@H](OC(=O)c2cc(OC)c(OC)c(OC)c2)[C@@H]1OC. The Kier molecular flexibility index (Phi) is 12.9. The maximum atomic E-state index is 13.5. The number of pyridine rings is 1. The zero-order valence-corrected chi connectivity index (χ0v) is 40.8. The van der Waals surface area contributed by atoms with Crippen molar-refractivity contribution in [3.05, 3.63) is 101 Å². The highest BCUT2D eigenvalue weighted by molar-refractivity contribution is 6.07. The topological polar surface area (TPSA) is 171 Å². The molecule has 3 aromatic carbocycles. The molecule has 16 heteroatoms. The van der Waals surface area contributed by atoms with E-state index < -0.39 is 24.1 Å². The van der Waals surface area contributed by atoms with Crippen molar-refractivity contribution in [1.29, 1.82) is 0 Å². The molecule has 0 spiro atoms. The number of benzene rings is 3. The Morgan fingerprint density at radius 2 is 1.61 bits per heavy atom. The van der Waals surface area contributed by atoms with Crippen LogP contribution in [0, 0.1) is 29.6 Å². The van der Waals surface area contributed by atoms with Crippen molar-refractivity contribution in [2.75, 3.05) is 62.9 Å². The molecule has 0 bridgehead atoms. The van der Waals surface area contributed by atoms with Crippen LogP contribution in [0.3, 0.4) is 0 Å². The number of nitrogens with one attached hydrogen (secondary N) is 1. The van der Waals surface area contributed by atoms with Gasteiger partial charge < -0.3 is 52.6 Å². The van der Waals surface area contributed by atoms with Crippen LogP contribution in [0.4, 0.5) is 0 Å². The van der Waals surface area contributed by atoms with Crippen LogP contribution in [0.2, 0.25) is 0 Å². The fourth-order valence-corrected chi connectivity index (χ4v) is 12.2. The molecule has 16 nitrogen and oxygen atoms in total. The van der Waals surface area contributed by atoms with Gasteiger partial charge in [-0.15, -0.1) is 5.52 Å². The summed E-state index contributed by atoms with van der Waals surface area (Å²) in [7, 11) is 10.5. The average molecular weight is 957 g/mol. The highest BCUT2D eigenvalue weighted by Crippen LogP contribution is 2.51. The van der Waals surface area contributed by atoms with Crippen molar-refractivity contribution in [3.63, 3.8) is 0 Å². The number of carbonyl (C=O) groups excluding carboxylic acids is 3. The van der Waals surface area contributed by atoms with Gasteiger partial charge in [0.05, 0.1) is 77.9 Å². The summed E-state index contributed by atoms with van der Waals surface area (Å²) in [6.07, 6.45) is 5.49. The molecule has 1 N–H and O–H groups in total. The monoisotopic (exact) mass is 956 g/mol. The van der Waals surface area contributed by atoms with Crippen LogP contribution in [0.15, 0.2) is 78.7 Å². The quantitative estimate of drug-likeness (QED) is 0.0926. The van der Waals surface area contributed by atoms with E-state index in [1.165, 1.54) is 68.7 Å². The molecule has 1 saturated heterocycles. The lowest BCUT2D eigenvalue weighted by Crippen LogP contribution is -2.58. The number of esters is 3. The van der Waals surface area contributed by atoms with Gasteiger partial charge in [-0.05, 0) is 78.6 Å². The Hall–Kier alpha value is -6.78. The highest BCUT2D eigenvalue weighted by atomic mass is 16.6. The Morgan fingerprint density at radius 1 is 0.829 bits per heavy atom. The molecule has 0 amide bonds. The summed E-state index contributed by atoms with van der Waals surface area (Å²) in [5.74, 6) is 0.481. The normalized spacial score (nSPS) is 25.5. The number of hydrogen-bond donors (Lipinski definition) is 1. The number of aromatic amines is 1. The number of nitrogens with zero attached hydrogens (tertiary/aromatic N) is 3. The molecule has 3 aromatic heterocycles. The zero-order valence-electron chi connectivity index (χ0n) is 40.8. The molecular weight excluding hydrogens is 897 g/mol. The van der Waals surface area contributed by atoms with Gasteiger partial charge in [0.2, 0.25) is 5.75 Å². The van der Waals surface area contributed by atoms with Crippen LogP contribution in [0.25, 0.3) is 32.7 Å². The molecule has 5 aliphatic rings. The first kappa shape index (κ1) is 46.9. The second-order valence-corrected chi connectivity index (χ2v) is 18.9. The molecule has 2 fully saturated rings. The minimum atomic E-state index is -0.670. The summed E-state index contributed by atoms with van der Waals surface area (Å²) >= 11 is 0. The second-order valence-electron chi connectivity index (χ2n) is 18.9. The van der Waals surface area contributed by atoms with E-state index in [0.717, 1.165) is 61.2 Å². The van der Waals surface area contributed by atoms with Gasteiger partial charge >= 0.3 is 17.9 Å². The number of rotatable bonds is 9. The first-order chi connectivity index (χ1) is 34.0. The minimum Gasteiger partial charge on any atom is -0.652 e. The lowest BCUT2D eigenvalue weighted by atomic mass is 9.63. The van der Waals surface area contributed by atoms with E-state index in [0.29, 0.717) is 29.2 Å². The largest absolute Gasteiger partial charge is 0.652 e. The first-order valence-electron chi connectivity index (χ1n) is 23.9. The molecule has 0 radical (unpaired) electrons. The van der Waals surface area contributed by atoms with Crippen LogP contribution in [-0.2, 0) is 52.7 Å². The molecular formula is C54H60N4O12. The summed E-state index contributed by atoms with van der Waals surface area (Å²) in [6, 6.07) is 19.8. The number of ether oxygens (including phenoxy) is 9. The number of fused-ring (bicyclic) bond motifs is 12. The van der Waals surface area contributed by atoms with E-state index in [4.69, 9.17) is 47.6 Å². The number of hydrogen-bond acceptors (Lipinski definition) is 13. The van der Waals surface area contributed by atoms with E-state index in [1.54, 1.807) is 32.6 Å². The molecule has 11 rings (SSSR count). The number of aromatic nitrogens is 3. The number of para-hydroxylation sites is 1. The Bertz CT molecular complexity index is 2990. The van der Waals surface area contributed by atoms with Crippen molar-refractivity contribution in [2.45, 2.75) is 63.5 Å². The van der Waals surface area contributed by atoms with Crippen molar-refractivity contribution in [2.24, 2.45) is 29.6 Å². The second kappa shape index (κ2) is 19.2. The molecule has 4 aliphatic heterocycles. The van der Waals surface area contributed by atoms with Crippen LogP contribution < -0.4 is 28.5 Å². The molecule has 1 saturated carbocycles. The van der Waals surface area contributed by atoms with Gasteiger partial charge in [0.15, 0.2) is 29.9 Å². The molecule has 368 valence electrons. The lowest BCUT2D eigenvalue weighted by molar-refractivity contribution is -0.717. The molecule has 1 aliphatic carbocycles. The highest BCUT2D eigenvalue weighted by Gasteiger charge is 2.55. The molecule has 9 atom stereocenters. The van der Waals surface area contributed by atoms with Crippen LogP contribution in [0.1, 0.15) is 53.1 Å². The third-order valence-electron chi connectivity index (χ3n) is 15.7. The number of carbonyl (C=O) groups is 3. The molecule has 70 heavy (non-hydrogen) atoms. The number of piperidine rings is 1. The average Bonchev–Trinajstić information content (AvgIpc) is 3.97. The Morgan fingerprint density at radius 3 is 2.33 bits per heavy atom. The van der Waals surface area contributed by atoms with Gasteiger partial charge in [0.25, 0.3) is 0 Å². The lowest BCUT2D eigenvalue weighted by Gasteiger charge is -2.52. The van der Waals surface area contributed by atoms with E-state index in [9.17, 15) is 14.4 Å². The van der Waals surface area contributed by atoms with Gasteiger partial charge in [-0.25, -0.2) is 14.2 Å². The van der Waals surface area contributed by atoms with Crippen molar-refractivity contribution in [3.8, 4) is 23.0 Å². The Labute approximate surface area is 406 Å². The standard InChI is InChI=1S/C33H40N2O9.C21H20N2O3/c1-38-19-7-8-20-21-9-10-35-16-18-13-27(44-32(36)17-11-25(39-2)30(41-4)26(12-17)40-3)31(42-5)28(33(37)43-6)22(18)15-24(35)29(21)34-23(20)14-19;1-12-16-10-23-8-7-14-13-5-3-4-6-18(13)22-20(14)19(23)9-15(16)17(11-26-12)21(24)25-2/h7-8,11-12,14,18,22,24,27-28,31,34H,9-10,13,15-16H2,1-6H3;3-8,11-12,15-16H,9-10H2,1-2H3/t18-,22+,24-,27-,28+,31+;12-,15-,16+/m10/s1. The summed E-state index contributed by atoms with van der Waals surface area (Å²) in [4.78, 5) is 50.3. The van der Waals surface area contributed by atoms with Crippen molar-refractivity contribution in [1.82, 2.24) is 14.9 Å². The van der Waals surface area contributed by atoms with Crippen LogP contribution >= 0.6 is 0 Å². The molecule has 6 aromatic rings. The number of methoxy groups -OCH3 is 7. The van der Waals surface area contributed by atoms with Gasteiger partial charge in [0, 0.05) is 61.3 Å². The predicted molar refractivity (Wildman–Crippen MR) is 257 cm³/mol. The predicted octanol–water partition coefficient (Wildman–Crippen LogP) is 6.67. The third kappa shape index (κ3) is 8.04. The molecule has 0 unspecified atom stereocenters. The fourth-order valence-electron chi connectivity index (χ4n) is 12.2. The van der Waals surface area contributed by atoms with Gasteiger partial charge in [0.1, 0.15) is 24.1 Å². The summed E-state index contributed by atoms with van der Waals surface area (Å²) < 4.78 is 52.1. The Balaban J connectivity index is 0.000000184. The van der Waals surface area contributed by atoms with Gasteiger partial charge in [-0.3, -0.25) is 9.69 Å². The minimum absolute atomic E-state index is 0.0170. The van der Waals surface area contributed by atoms with E-state index >= 15 is 0 Å². The van der Waals surface area contributed by atoms with E-state index in [1.807, 2.05) is 30.3 Å².